The van der Waals surface area contributed by atoms with Gasteiger partial charge in [-0.15, -0.1) is 0 Å². The van der Waals surface area contributed by atoms with E-state index in [1.165, 1.54) is 11.1 Å². The Labute approximate surface area is 132 Å². The first kappa shape index (κ1) is 16.3. The van der Waals surface area contributed by atoms with Crippen LogP contribution in [0.5, 0.6) is 0 Å². The summed E-state index contributed by atoms with van der Waals surface area (Å²) in [6.07, 6.45) is 0.874. The first-order valence-electron chi connectivity index (χ1n) is 7.97. The molecule has 3 amide bonds. The molecular formula is C17H25N3O2. The fourth-order valence-corrected chi connectivity index (χ4v) is 2.81. The van der Waals surface area contributed by atoms with Gasteiger partial charge in [-0.3, -0.25) is 4.79 Å². The van der Waals surface area contributed by atoms with E-state index >= 15 is 0 Å². The van der Waals surface area contributed by atoms with Crippen molar-refractivity contribution in [3.05, 3.63) is 35.4 Å². The smallest absolute Gasteiger partial charge is 0.318 e. The van der Waals surface area contributed by atoms with Crippen LogP contribution in [0.2, 0.25) is 0 Å². The van der Waals surface area contributed by atoms with E-state index in [1.54, 1.807) is 11.8 Å². The third-order valence-corrected chi connectivity index (χ3v) is 4.20. The number of hydrogen-bond donors (Lipinski definition) is 1. The molecule has 1 N–H and O–H groups in total. The Morgan fingerprint density at radius 3 is 2.50 bits per heavy atom. The molecule has 0 saturated heterocycles. The molecule has 0 fully saturated rings. The molecule has 22 heavy (non-hydrogen) atoms. The van der Waals surface area contributed by atoms with Crippen LogP contribution in [0, 0.1) is 0 Å². The molecule has 1 aliphatic heterocycles. The summed E-state index contributed by atoms with van der Waals surface area (Å²) in [5, 5.41) is 2.80. The largest absolute Gasteiger partial charge is 0.336 e. The molecule has 0 unspecified atom stereocenters. The van der Waals surface area contributed by atoms with Gasteiger partial charge in [-0.2, -0.15) is 0 Å². The normalized spacial score (nSPS) is 15.0. The summed E-state index contributed by atoms with van der Waals surface area (Å²) in [6.45, 7) is 8.22. The molecule has 1 aliphatic rings. The number of urea groups is 1. The summed E-state index contributed by atoms with van der Waals surface area (Å²) in [5.41, 5.74) is 2.51. The third kappa shape index (κ3) is 3.59. The number of benzene rings is 1. The molecule has 1 aromatic carbocycles. The van der Waals surface area contributed by atoms with Crippen molar-refractivity contribution in [2.45, 2.75) is 39.8 Å². The predicted molar refractivity (Wildman–Crippen MR) is 86.5 cm³/mol. The van der Waals surface area contributed by atoms with Crippen LogP contribution in [0.1, 0.15) is 31.9 Å². The first-order valence-corrected chi connectivity index (χ1v) is 7.97. The zero-order valence-electron chi connectivity index (χ0n) is 13.6. The van der Waals surface area contributed by atoms with Gasteiger partial charge in [0.2, 0.25) is 5.91 Å². The van der Waals surface area contributed by atoms with Crippen LogP contribution < -0.4 is 5.32 Å². The summed E-state index contributed by atoms with van der Waals surface area (Å²) in [4.78, 5) is 28.1. The topological polar surface area (TPSA) is 52.7 Å². The monoisotopic (exact) mass is 303 g/mol. The van der Waals surface area contributed by atoms with Gasteiger partial charge in [0.1, 0.15) is 6.04 Å². The molecular weight excluding hydrogens is 278 g/mol. The zero-order valence-corrected chi connectivity index (χ0v) is 13.6. The summed E-state index contributed by atoms with van der Waals surface area (Å²) < 4.78 is 0. The maximum absolute atomic E-state index is 12.5. The van der Waals surface area contributed by atoms with Crippen LogP contribution in [0.15, 0.2) is 24.3 Å². The third-order valence-electron chi connectivity index (χ3n) is 4.20. The van der Waals surface area contributed by atoms with E-state index in [2.05, 4.69) is 17.4 Å². The second kappa shape index (κ2) is 7.29. The average Bonchev–Trinajstić information content (AvgIpc) is 2.54. The quantitative estimate of drug-likeness (QED) is 0.925. The first-order chi connectivity index (χ1) is 10.6. The Bertz CT molecular complexity index is 540. The molecule has 0 aromatic heterocycles. The Hall–Kier alpha value is -2.04. The lowest BCUT2D eigenvalue weighted by Gasteiger charge is -2.31. The van der Waals surface area contributed by atoms with Crippen molar-refractivity contribution >= 4 is 11.9 Å². The minimum Gasteiger partial charge on any atom is -0.336 e. The number of rotatable bonds is 4. The fraction of sp³-hybridized carbons (Fsp3) is 0.529. The van der Waals surface area contributed by atoms with Crippen molar-refractivity contribution in [3.63, 3.8) is 0 Å². The summed E-state index contributed by atoms with van der Waals surface area (Å²) in [7, 11) is 0. The van der Waals surface area contributed by atoms with Crippen molar-refractivity contribution in [1.29, 1.82) is 0 Å². The SMILES string of the molecule is CCN(CC)C(=O)N[C@@H](C)C(=O)N1CCc2ccccc2C1. The summed E-state index contributed by atoms with van der Waals surface area (Å²) in [6, 6.07) is 7.53. The molecule has 0 aliphatic carbocycles. The molecule has 0 saturated carbocycles. The molecule has 0 bridgehead atoms. The Morgan fingerprint density at radius 1 is 1.23 bits per heavy atom. The predicted octanol–water partition coefficient (Wildman–Crippen LogP) is 2.01. The number of amides is 3. The van der Waals surface area contributed by atoms with Crippen LogP contribution in [0.3, 0.4) is 0 Å². The molecule has 2 rings (SSSR count). The Kier molecular flexibility index (Phi) is 5.41. The number of fused-ring (bicyclic) bond motifs is 1. The lowest BCUT2D eigenvalue weighted by atomic mass is 9.99. The maximum Gasteiger partial charge on any atom is 0.318 e. The minimum atomic E-state index is -0.502. The molecule has 5 nitrogen and oxygen atoms in total. The van der Waals surface area contributed by atoms with Gasteiger partial charge in [0.25, 0.3) is 0 Å². The lowest BCUT2D eigenvalue weighted by molar-refractivity contribution is -0.133. The van der Waals surface area contributed by atoms with E-state index in [4.69, 9.17) is 0 Å². The van der Waals surface area contributed by atoms with Gasteiger partial charge in [0, 0.05) is 26.2 Å². The fourth-order valence-electron chi connectivity index (χ4n) is 2.81. The van der Waals surface area contributed by atoms with Gasteiger partial charge in [-0.05, 0) is 38.3 Å². The van der Waals surface area contributed by atoms with Gasteiger partial charge in [0.05, 0.1) is 0 Å². The number of nitrogens with zero attached hydrogens (tertiary/aromatic N) is 2. The van der Waals surface area contributed by atoms with Crippen LogP contribution in [-0.2, 0) is 17.8 Å². The van der Waals surface area contributed by atoms with Crippen molar-refractivity contribution in [3.8, 4) is 0 Å². The lowest BCUT2D eigenvalue weighted by Crippen LogP contribution is -2.51. The van der Waals surface area contributed by atoms with E-state index < -0.39 is 6.04 Å². The number of carbonyl (C=O) groups excluding carboxylic acids is 2. The van der Waals surface area contributed by atoms with Crippen LogP contribution >= 0.6 is 0 Å². The number of hydrogen-bond acceptors (Lipinski definition) is 2. The average molecular weight is 303 g/mol. The van der Waals surface area contributed by atoms with Crippen LogP contribution in [0.4, 0.5) is 4.79 Å². The zero-order chi connectivity index (χ0) is 16.1. The molecule has 1 heterocycles. The van der Waals surface area contributed by atoms with Gasteiger partial charge in [-0.25, -0.2) is 4.79 Å². The maximum atomic E-state index is 12.5. The second-order valence-corrected chi connectivity index (χ2v) is 5.62. The van der Waals surface area contributed by atoms with E-state index in [0.717, 1.165) is 6.42 Å². The van der Waals surface area contributed by atoms with E-state index in [9.17, 15) is 9.59 Å². The Morgan fingerprint density at radius 2 is 1.86 bits per heavy atom. The Balaban J connectivity index is 1.96. The van der Waals surface area contributed by atoms with E-state index in [-0.39, 0.29) is 11.9 Å². The highest BCUT2D eigenvalue weighted by atomic mass is 16.2. The van der Waals surface area contributed by atoms with Crippen LogP contribution in [0.25, 0.3) is 0 Å². The van der Waals surface area contributed by atoms with E-state index in [1.807, 2.05) is 30.9 Å². The molecule has 0 radical (unpaired) electrons. The van der Waals surface area contributed by atoms with Gasteiger partial charge < -0.3 is 15.1 Å². The van der Waals surface area contributed by atoms with Crippen molar-refractivity contribution < 1.29 is 9.59 Å². The molecule has 5 heteroatoms. The number of nitrogens with one attached hydrogen (secondary N) is 1. The van der Waals surface area contributed by atoms with Gasteiger partial charge >= 0.3 is 6.03 Å². The van der Waals surface area contributed by atoms with Crippen LogP contribution in [-0.4, -0.2) is 47.4 Å². The highest BCUT2D eigenvalue weighted by Crippen LogP contribution is 2.19. The molecule has 1 atom stereocenters. The van der Waals surface area contributed by atoms with Crippen molar-refractivity contribution in [2.24, 2.45) is 0 Å². The van der Waals surface area contributed by atoms with Crippen molar-refractivity contribution in [2.75, 3.05) is 19.6 Å². The molecule has 120 valence electrons. The minimum absolute atomic E-state index is 0.0185. The van der Waals surface area contributed by atoms with Gasteiger partial charge in [-0.1, -0.05) is 24.3 Å². The van der Waals surface area contributed by atoms with Gasteiger partial charge in [0.15, 0.2) is 0 Å². The molecule has 0 spiro atoms. The highest BCUT2D eigenvalue weighted by molar-refractivity contribution is 5.86. The number of carbonyl (C=O) groups is 2. The van der Waals surface area contributed by atoms with E-state index in [0.29, 0.717) is 26.2 Å². The summed E-state index contributed by atoms with van der Waals surface area (Å²) >= 11 is 0. The standard InChI is InChI=1S/C17H25N3O2/c1-4-19(5-2)17(22)18-13(3)16(21)20-11-10-14-8-6-7-9-15(14)12-20/h6-9,13H,4-5,10-12H2,1-3H3,(H,18,22)/t13-/m0/s1. The summed E-state index contributed by atoms with van der Waals surface area (Å²) in [5.74, 6) is -0.0185. The molecule has 1 aromatic rings. The van der Waals surface area contributed by atoms with Crippen molar-refractivity contribution in [1.82, 2.24) is 15.1 Å². The second-order valence-electron chi connectivity index (χ2n) is 5.62. The highest BCUT2D eigenvalue weighted by Gasteiger charge is 2.26.